The van der Waals surface area contributed by atoms with Crippen LogP contribution in [0.3, 0.4) is 0 Å². The highest BCUT2D eigenvalue weighted by Crippen LogP contribution is 2.30. The summed E-state index contributed by atoms with van der Waals surface area (Å²) in [5, 5.41) is 9.67. The van der Waals surface area contributed by atoms with Gasteiger partial charge in [0, 0.05) is 12.6 Å². The smallest absolute Gasteiger partial charge is 0.306 e. The summed E-state index contributed by atoms with van der Waals surface area (Å²) in [6.45, 7) is 2.25. The number of piperidine rings is 1. The van der Waals surface area contributed by atoms with Crippen molar-refractivity contribution in [3.8, 4) is 0 Å². The van der Waals surface area contributed by atoms with Crippen molar-refractivity contribution in [3.63, 3.8) is 0 Å². The van der Waals surface area contributed by atoms with Gasteiger partial charge in [0.25, 0.3) is 5.91 Å². The Kier molecular flexibility index (Phi) is 4.55. The number of carbonyl (C=O) groups is 2. The largest absolute Gasteiger partial charge is 0.481 e. The molecular formula is C14H15Cl2NO3. The minimum atomic E-state index is -0.806. The lowest BCUT2D eigenvalue weighted by atomic mass is 9.91. The lowest BCUT2D eigenvalue weighted by Crippen LogP contribution is -2.46. The van der Waals surface area contributed by atoms with E-state index in [4.69, 9.17) is 28.3 Å². The molecule has 1 aromatic rings. The van der Waals surface area contributed by atoms with E-state index >= 15 is 0 Å². The maximum absolute atomic E-state index is 12.5. The van der Waals surface area contributed by atoms with Crippen molar-refractivity contribution in [2.24, 2.45) is 5.92 Å². The van der Waals surface area contributed by atoms with Crippen LogP contribution in [-0.4, -0.2) is 34.5 Å². The monoisotopic (exact) mass is 315 g/mol. The molecule has 2 rings (SSSR count). The summed E-state index contributed by atoms with van der Waals surface area (Å²) in [5.41, 5.74) is 0.288. The lowest BCUT2D eigenvalue weighted by molar-refractivity contribution is -0.143. The molecule has 1 N–H and O–H groups in total. The first-order valence-electron chi connectivity index (χ1n) is 6.39. The number of likely N-dealkylation sites (tertiary alicyclic amines) is 1. The second kappa shape index (κ2) is 6.02. The Hall–Kier alpha value is -1.26. The standard InChI is InChI=1S/C14H15Cl2NO3/c1-8-7-9(14(19)20)5-6-17(8)13(18)12-10(15)3-2-4-11(12)16/h2-4,8-9H,5-7H2,1H3,(H,19,20). The Balaban J connectivity index is 2.20. The third-order valence-corrected chi connectivity index (χ3v) is 4.29. The molecule has 2 atom stereocenters. The van der Waals surface area contributed by atoms with E-state index in [1.807, 2.05) is 6.92 Å². The van der Waals surface area contributed by atoms with E-state index in [-0.39, 0.29) is 17.5 Å². The molecule has 1 aliphatic rings. The highest BCUT2D eigenvalue weighted by Gasteiger charge is 2.33. The summed E-state index contributed by atoms with van der Waals surface area (Å²) in [6.07, 6.45) is 0.899. The van der Waals surface area contributed by atoms with Crippen molar-refractivity contribution in [2.75, 3.05) is 6.54 Å². The van der Waals surface area contributed by atoms with Crippen molar-refractivity contribution in [1.82, 2.24) is 4.90 Å². The predicted molar refractivity (Wildman–Crippen MR) is 77.3 cm³/mol. The molecule has 1 amide bonds. The van der Waals surface area contributed by atoms with Crippen LogP contribution in [-0.2, 0) is 4.79 Å². The Morgan fingerprint density at radius 2 is 1.90 bits per heavy atom. The van der Waals surface area contributed by atoms with Crippen LogP contribution in [0.2, 0.25) is 10.0 Å². The number of hydrogen-bond donors (Lipinski definition) is 1. The summed E-state index contributed by atoms with van der Waals surface area (Å²) in [6, 6.07) is 4.77. The second-order valence-corrected chi connectivity index (χ2v) is 5.82. The number of halogens is 2. The number of nitrogens with zero attached hydrogens (tertiary/aromatic N) is 1. The van der Waals surface area contributed by atoms with Crippen LogP contribution in [0.15, 0.2) is 18.2 Å². The van der Waals surface area contributed by atoms with Gasteiger partial charge in [-0.05, 0) is 31.9 Å². The van der Waals surface area contributed by atoms with E-state index in [1.54, 1.807) is 23.1 Å². The van der Waals surface area contributed by atoms with Gasteiger partial charge >= 0.3 is 5.97 Å². The number of carboxylic acid groups (broad SMARTS) is 1. The summed E-state index contributed by atoms with van der Waals surface area (Å²) in [4.78, 5) is 25.2. The first kappa shape index (κ1) is 15.1. The fraction of sp³-hybridized carbons (Fsp3) is 0.429. The highest BCUT2D eigenvalue weighted by atomic mass is 35.5. The predicted octanol–water partition coefficient (Wildman–Crippen LogP) is 3.32. The first-order chi connectivity index (χ1) is 9.41. The zero-order valence-electron chi connectivity index (χ0n) is 11.0. The van der Waals surface area contributed by atoms with Gasteiger partial charge in [0.15, 0.2) is 0 Å². The first-order valence-corrected chi connectivity index (χ1v) is 7.15. The van der Waals surface area contributed by atoms with Gasteiger partial charge in [0.05, 0.1) is 21.5 Å². The van der Waals surface area contributed by atoms with E-state index < -0.39 is 11.9 Å². The number of carboxylic acids is 1. The van der Waals surface area contributed by atoms with Crippen LogP contribution in [0, 0.1) is 5.92 Å². The number of benzene rings is 1. The maximum atomic E-state index is 12.5. The van der Waals surface area contributed by atoms with Crippen LogP contribution in [0.25, 0.3) is 0 Å². The maximum Gasteiger partial charge on any atom is 0.306 e. The topological polar surface area (TPSA) is 57.6 Å². The van der Waals surface area contributed by atoms with Gasteiger partial charge in [0.2, 0.25) is 0 Å². The van der Waals surface area contributed by atoms with Gasteiger partial charge in [0.1, 0.15) is 0 Å². The molecule has 6 heteroatoms. The molecule has 0 aromatic heterocycles. The Morgan fingerprint density at radius 1 is 1.30 bits per heavy atom. The van der Waals surface area contributed by atoms with Crippen molar-refractivity contribution in [3.05, 3.63) is 33.8 Å². The van der Waals surface area contributed by atoms with Crippen LogP contribution < -0.4 is 0 Å². The number of rotatable bonds is 2. The van der Waals surface area contributed by atoms with Crippen molar-refractivity contribution < 1.29 is 14.7 Å². The molecular weight excluding hydrogens is 301 g/mol. The number of amides is 1. The Bertz CT molecular complexity index is 527. The third-order valence-electron chi connectivity index (χ3n) is 3.66. The van der Waals surface area contributed by atoms with E-state index in [0.29, 0.717) is 29.4 Å². The molecule has 0 radical (unpaired) electrons. The van der Waals surface area contributed by atoms with Gasteiger partial charge in [-0.2, -0.15) is 0 Å². The Labute approximate surface area is 127 Å². The molecule has 0 spiro atoms. The number of carbonyl (C=O) groups excluding carboxylic acids is 1. The summed E-state index contributed by atoms with van der Waals surface area (Å²) in [7, 11) is 0. The van der Waals surface area contributed by atoms with Gasteiger partial charge < -0.3 is 10.0 Å². The molecule has 2 unspecified atom stereocenters. The fourth-order valence-corrected chi connectivity index (χ4v) is 3.10. The SMILES string of the molecule is CC1CC(C(=O)O)CCN1C(=O)c1c(Cl)cccc1Cl. The molecule has 1 heterocycles. The number of aliphatic carboxylic acids is 1. The average molecular weight is 316 g/mol. The fourth-order valence-electron chi connectivity index (χ4n) is 2.54. The van der Waals surface area contributed by atoms with Crippen molar-refractivity contribution in [2.45, 2.75) is 25.8 Å². The minimum Gasteiger partial charge on any atom is -0.481 e. The van der Waals surface area contributed by atoms with Crippen molar-refractivity contribution >= 4 is 35.1 Å². The molecule has 4 nitrogen and oxygen atoms in total. The van der Waals surface area contributed by atoms with Crippen LogP contribution in [0.5, 0.6) is 0 Å². The molecule has 0 saturated carbocycles. The summed E-state index contributed by atoms with van der Waals surface area (Å²) < 4.78 is 0. The van der Waals surface area contributed by atoms with Gasteiger partial charge in [-0.1, -0.05) is 29.3 Å². The zero-order chi connectivity index (χ0) is 14.9. The quantitative estimate of drug-likeness (QED) is 0.910. The van der Waals surface area contributed by atoms with Crippen molar-refractivity contribution in [1.29, 1.82) is 0 Å². The molecule has 1 aliphatic heterocycles. The van der Waals surface area contributed by atoms with Crippen LogP contribution >= 0.6 is 23.2 Å². The van der Waals surface area contributed by atoms with Crippen LogP contribution in [0.4, 0.5) is 0 Å². The molecule has 1 aromatic carbocycles. The Morgan fingerprint density at radius 3 is 2.40 bits per heavy atom. The van der Waals surface area contributed by atoms with Gasteiger partial charge in [-0.25, -0.2) is 0 Å². The van der Waals surface area contributed by atoms with E-state index in [0.717, 1.165) is 0 Å². The van der Waals surface area contributed by atoms with Crippen LogP contribution in [0.1, 0.15) is 30.1 Å². The summed E-state index contributed by atoms with van der Waals surface area (Å²) in [5.74, 6) is -1.44. The molecule has 20 heavy (non-hydrogen) atoms. The van der Waals surface area contributed by atoms with Gasteiger partial charge in [-0.3, -0.25) is 9.59 Å². The molecule has 108 valence electrons. The minimum absolute atomic E-state index is 0.148. The average Bonchev–Trinajstić information content (AvgIpc) is 2.38. The molecule has 1 fully saturated rings. The second-order valence-electron chi connectivity index (χ2n) is 5.00. The third kappa shape index (κ3) is 2.91. The summed E-state index contributed by atoms with van der Waals surface area (Å²) >= 11 is 12.1. The molecule has 1 saturated heterocycles. The van der Waals surface area contributed by atoms with Gasteiger partial charge in [-0.15, -0.1) is 0 Å². The number of hydrogen-bond acceptors (Lipinski definition) is 2. The normalized spacial score (nSPS) is 22.6. The van der Waals surface area contributed by atoms with E-state index in [9.17, 15) is 9.59 Å². The molecule has 0 bridgehead atoms. The van der Waals surface area contributed by atoms with E-state index in [2.05, 4.69) is 0 Å². The highest BCUT2D eigenvalue weighted by molar-refractivity contribution is 6.39. The molecule has 0 aliphatic carbocycles. The van der Waals surface area contributed by atoms with E-state index in [1.165, 1.54) is 0 Å². The zero-order valence-corrected chi connectivity index (χ0v) is 12.5. The lowest BCUT2D eigenvalue weighted by Gasteiger charge is -2.36.